The van der Waals surface area contributed by atoms with E-state index in [0.717, 1.165) is 30.0 Å². The molecule has 2 atom stereocenters. The summed E-state index contributed by atoms with van der Waals surface area (Å²) in [7, 11) is 0. The summed E-state index contributed by atoms with van der Waals surface area (Å²) in [5.74, 6) is 0. The van der Waals surface area contributed by atoms with Crippen molar-refractivity contribution >= 4 is 17.1 Å². The molecular formula is C18H17N3O3. The molecule has 2 aromatic rings. The zero-order chi connectivity index (χ0) is 16.7. The summed E-state index contributed by atoms with van der Waals surface area (Å²) in [5, 5.41) is 17.6. The molecule has 0 amide bonds. The predicted molar refractivity (Wildman–Crippen MR) is 91.3 cm³/mol. The second-order valence-corrected chi connectivity index (χ2v) is 6.35. The molecule has 24 heavy (non-hydrogen) atoms. The van der Waals surface area contributed by atoms with E-state index in [1.54, 1.807) is 12.1 Å². The maximum Gasteiger partial charge on any atom is 0.269 e. The van der Waals surface area contributed by atoms with Crippen LogP contribution in [0.2, 0.25) is 0 Å². The summed E-state index contributed by atoms with van der Waals surface area (Å²) in [6.07, 6.45) is 0.753. The third kappa shape index (κ3) is 2.55. The minimum absolute atomic E-state index is 0.0892. The molecule has 0 N–H and O–H groups in total. The minimum Gasteiger partial charge on any atom is -0.368 e. The first kappa shape index (κ1) is 14.8. The molecule has 1 saturated heterocycles. The topological polar surface area (TPSA) is 71.3 Å². The normalized spacial score (nSPS) is 25.5. The Labute approximate surface area is 139 Å². The van der Waals surface area contributed by atoms with Crippen molar-refractivity contribution in [1.82, 2.24) is 0 Å². The van der Waals surface area contributed by atoms with Gasteiger partial charge in [-0.3, -0.25) is 15.1 Å². The number of epoxide rings is 1. The number of para-hydroxylation sites is 1. The quantitative estimate of drug-likeness (QED) is 0.491. The molecule has 0 spiro atoms. The summed E-state index contributed by atoms with van der Waals surface area (Å²) in [6, 6.07) is 16.7. The van der Waals surface area contributed by atoms with Crippen LogP contribution in [0, 0.1) is 10.1 Å². The van der Waals surface area contributed by atoms with Crippen LogP contribution < -0.4 is 5.01 Å². The molecule has 6 heteroatoms. The van der Waals surface area contributed by atoms with E-state index >= 15 is 0 Å². The third-order valence-corrected chi connectivity index (χ3v) is 4.65. The van der Waals surface area contributed by atoms with Gasteiger partial charge in [-0.15, -0.1) is 0 Å². The van der Waals surface area contributed by atoms with Gasteiger partial charge >= 0.3 is 0 Å². The van der Waals surface area contributed by atoms with Gasteiger partial charge in [0.05, 0.1) is 29.0 Å². The van der Waals surface area contributed by atoms with E-state index < -0.39 is 4.92 Å². The van der Waals surface area contributed by atoms with E-state index in [1.165, 1.54) is 12.1 Å². The van der Waals surface area contributed by atoms with Gasteiger partial charge in [-0.2, -0.15) is 5.10 Å². The number of hydrogen-bond acceptors (Lipinski definition) is 5. The molecule has 4 rings (SSSR count). The van der Waals surface area contributed by atoms with Gasteiger partial charge in [0.15, 0.2) is 0 Å². The summed E-state index contributed by atoms with van der Waals surface area (Å²) < 4.78 is 5.66. The first-order valence-corrected chi connectivity index (χ1v) is 7.87. The maximum atomic E-state index is 10.8. The molecule has 0 saturated carbocycles. The molecule has 2 heterocycles. The molecule has 2 aliphatic heterocycles. The standard InChI is InChI=1S/C18H17N3O3/c1-18(12-24-18)17-11-16(13-7-9-15(10-8-13)21(22)23)19-20(17)14-5-3-2-4-6-14/h2-10,17H,11-12H2,1H3/t17-,18-/m1/s1. The molecule has 0 aliphatic carbocycles. The van der Waals surface area contributed by atoms with Crippen LogP contribution in [0.1, 0.15) is 18.9 Å². The highest BCUT2D eigenvalue weighted by Gasteiger charge is 2.52. The molecule has 2 aliphatic rings. The Morgan fingerprint density at radius 1 is 1.21 bits per heavy atom. The lowest BCUT2D eigenvalue weighted by molar-refractivity contribution is -0.384. The van der Waals surface area contributed by atoms with Crippen molar-refractivity contribution in [1.29, 1.82) is 0 Å². The van der Waals surface area contributed by atoms with Crippen LogP contribution in [0.3, 0.4) is 0 Å². The van der Waals surface area contributed by atoms with E-state index in [1.807, 2.05) is 35.3 Å². The van der Waals surface area contributed by atoms with Gasteiger partial charge in [0.25, 0.3) is 5.69 Å². The summed E-state index contributed by atoms with van der Waals surface area (Å²) in [6.45, 7) is 2.83. The van der Waals surface area contributed by atoms with Crippen molar-refractivity contribution < 1.29 is 9.66 Å². The van der Waals surface area contributed by atoms with Gasteiger partial charge in [0.1, 0.15) is 5.60 Å². The zero-order valence-electron chi connectivity index (χ0n) is 13.3. The van der Waals surface area contributed by atoms with Crippen molar-refractivity contribution in [2.75, 3.05) is 11.6 Å². The smallest absolute Gasteiger partial charge is 0.269 e. The minimum atomic E-state index is -0.390. The second kappa shape index (κ2) is 5.42. The number of rotatable bonds is 4. The highest BCUT2D eigenvalue weighted by molar-refractivity contribution is 6.03. The van der Waals surface area contributed by atoms with Crippen LogP contribution in [0.25, 0.3) is 0 Å². The fourth-order valence-corrected chi connectivity index (χ4v) is 3.06. The van der Waals surface area contributed by atoms with Crippen molar-refractivity contribution in [3.8, 4) is 0 Å². The van der Waals surface area contributed by atoms with Crippen LogP contribution in [0.4, 0.5) is 11.4 Å². The van der Waals surface area contributed by atoms with Gasteiger partial charge in [-0.05, 0) is 36.8 Å². The molecule has 0 bridgehead atoms. The molecule has 0 unspecified atom stereocenters. The first-order valence-electron chi connectivity index (χ1n) is 7.87. The monoisotopic (exact) mass is 323 g/mol. The summed E-state index contributed by atoms with van der Waals surface area (Å²) in [5.41, 5.74) is 2.76. The lowest BCUT2D eigenvalue weighted by Gasteiger charge is -2.26. The van der Waals surface area contributed by atoms with Crippen molar-refractivity contribution in [2.24, 2.45) is 5.10 Å². The molecule has 2 aromatic carbocycles. The Balaban J connectivity index is 1.67. The fourth-order valence-electron chi connectivity index (χ4n) is 3.06. The Kier molecular flexibility index (Phi) is 3.35. The first-order chi connectivity index (χ1) is 11.6. The van der Waals surface area contributed by atoms with Crippen molar-refractivity contribution in [3.05, 3.63) is 70.3 Å². The number of hydrogen-bond donors (Lipinski definition) is 0. The van der Waals surface area contributed by atoms with Crippen molar-refractivity contribution in [3.63, 3.8) is 0 Å². The average Bonchev–Trinajstić information content (AvgIpc) is 3.20. The Hall–Kier alpha value is -2.73. The van der Waals surface area contributed by atoms with Gasteiger partial charge in [-0.25, -0.2) is 0 Å². The van der Waals surface area contributed by atoms with Gasteiger partial charge in [-0.1, -0.05) is 18.2 Å². The lowest BCUT2D eigenvalue weighted by atomic mass is 9.95. The van der Waals surface area contributed by atoms with Gasteiger partial charge in [0, 0.05) is 18.6 Å². The fraction of sp³-hybridized carbons (Fsp3) is 0.278. The largest absolute Gasteiger partial charge is 0.368 e. The van der Waals surface area contributed by atoms with Crippen LogP contribution in [-0.2, 0) is 4.74 Å². The lowest BCUT2D eigenvalue weighted by Crippen LogP contribution is -2.38. The third-order valence-electron chi connectivity index (χ3n) is 4.65. The van der Waals surface area contributed by atoms with E-state index in [9.17, 15) is 10.1 Å². The Morgan fingerprint density at radius 3 is 2.46 bits per heavy atom. The molecular weight excluding hydrogens is 306 g/mol. The highest BCUT2D eigenvalue weighted by Crippen LogP contribution is 2.41. The van der Waals surface area contributed by atoms with E-state index in [4.69, 9.17) is 9.84 Å². The molecule has 122 valence electrons. The van der Waals surface area contributed by atoms with Crippen LogP contribution in [-0.4, -0.2) is 28.9 Å². The van der Waals surface area contributed by atoms with Gasteiger partial charge < -0.3 is 4.74 Å². The van der Waals surface area contributed by atoms with E-state index in [-0.39, 0.29) is 17.3 Å². The maximum absolute atomic E-state index is 10.8. The van der Waals surface area contributed by atoms with Gasteiger partial charge in [0.2, 0.25) is 0 Å². The Morgan fingerprint density at radius 2 is 1.88 bits per heavy atom. The molecule has 1 fully saturated rings. The van der Waals surface area contributed by atoms with Crippen molar-refractivity contribution in [2.45, 2.75) is 25.0 Å². The van der Waals surface area contributed by atoms with Crippen LogP contribution in [0.15, 0.2) is 59.7 Å². The van der Waals surface area contributed by atoms with Crippen LogP contribution in [0.5, 0.6) is 0 Å². The Bertz CT molecular complexity index is 798. The number of hydrazone groups is 1. The number of nitro groups is 1. The highest BCUT2D eigenvalue weighted by atomic mass is 16.6. The number of benzene rings is 2. The molecule has 6 nitrogen and oxygen atoms in total. The number of anilines is 1. The number of ether oxygens (including phenoxy) is 1. The predicted octanol–water partition coefficient (Wildman–Crippen LogP) is 3.37. The molecule has 0 radical (unpaired) electrons. The SMILES string of the molecule is C[C@]1([C@H]2CC(c3ccc([N+](=O)[O-])cc3)=NN2c2ccccc2)CO1. The summed E-state index contributed by atoms with van der Waals surface area (Å²) >= 11 is 0. The summed E-state index contributed by atoms with van der Waals surface area (Å²) in [4.78, 5) is 10.4. The average molecular weight is 323 g/mol. The van der Waals surface area contributed by atoms with E-state index in [0.29, 0.717) is 0 Å². The number of nitro benzene ring substituents is 1. The molecule has 0 aromatic heterocycles. The number of nitrogens with zero attached hydrogens (tertiary/aromatic N) is 3. The van der Waals surface area contributed by atoms with E-state index in [2.05, 4.69) is 6.92 Å². The van der Waals surface area contributed by atoms with Crippen LogP contribution >= 0.6 is 0 Å². The number of non-ortho nitro benzene ring substituents is 1. The zero-order valence-corrected chi connectivity index (χ0v) is 13.3. The second-order valence-electron chi connectivity index (χ2n) is 6.35.